The molecule has 0 bridgehead atoms. The van der Waals surface area contributed by atoms with Crippen LogP contribution in [0.25, 0.3) is 10.8 Å². The van der Waals surface area contributed by atoms with Gasteiger partial charge in [-0.1, -0.05) is 0 Å². The third-order valence-electron chi connectivity index (χ3n) is 3.97. The lowest BCUT2D eigenvalue weighted by Gasteiger charge is -2.41. The number of aliphatic hydroxyl groups is 1. The van der Waals surface area contributed by atoms with Crippen molar-refractivity contribution in [1.82, 2.24) is 4.98 Å². The molecule has 1 aliphatic rings. The van der Waals surface area contributed by atoms with E-state index in [9.17, 15) is 5.11 Å². The predicted molar refractivity (Wildman–Crippen MR) is 75.6 cm³/mol. The van der Waals surface area contributed by atoms with Gasteiger partial charge in [-0.3, -0.25) is 0 Å². The molecule has 2 N–H and O–H groups in total. The summed E-state index contributed by atoms with van der Waals surface area (Å²) in [6.45, 7) is 0.154. The molecule has 0 unspecified atom stereocenters. The number of anilines is 1. The molecule has 0 aliphatic heterocycles. The molecule has 1 aromatic heterocycles. The van der Waals surface area contributed by atoms with E-state index in [2.05, 4.69) is 10.3 Å². The number of ether oxygens (including phenoxy) is 1. The molecule has 0 spiro atoms. The van der Waals surface area contributed by atoms with Crippen molar-refractivity contribution in [3.8, 4) is 5.75 Å². The van der Waals surface area contributed by atoms with Crippen LogP contribution in [0.1, 0.15) is 19.3 Å². The summed E-state index contributed by atoms with van der Waals surface area (Å²) in [5.74, 6) is 1.68. The first-order valence-corrected chi connectivity index (χ1v) is 6.58. The molecule has 3 rings (SSSR count). The maximum Gasteiger partial charge on any atom is 0.134 e. The van der Waals surface area contributed by atoms with Crippen molar-refractivity contribution in [3.05, 3.63) is 30.5 Å². The largest absolute Gasteiger partial charge is 0.497 e. The van der Waals surface area contributed by atoms with Gasteiger partial charge in [-0.05, 0) is 48.9 Å². The summed E-state index contributed by atoms with van der Waals surface area (Å²) in [6.07, 6.45) is 4.94. The Kier molecular flexibility index (Phi) is 3.03. The lowest BCUT2D eigenvalue weighted by molar-refractivity contribution is 0.144. The second-order valence-electron chi connectivity index (χ2n) is 5.16. The lowest BCUT2D eigenvalue weighted by atomic mass is 9.77. The molecule has 19 heavy (non-hydrogen) atoms. The van der Waals surface area contributed by atoms with Crippen molar-refractivity contribution < 1.29 is 9.84 Å². The molecular formula is C15H18N2O2. The highest BCUT2D eigenvalue weighted by molar-refractivity contribution is 5.92. The normalized spacial score (nSPS) is 16.9. The van der Waals surface area contributed by atoms with Gasteiger partial charge in [0.05, 0.1) is 19.3 Å². The van der Waals surface area contributed by atoms with Crippen molar-refractivity contribution in [2.75, 3.05) is 19.0 Å². The van der Waals surface area contributed by atoms with Crippen molar-refractivity contribution in [2.24, 2.45) is 0 Å². The SMILES string of the molecule is COc1ccc2c(NC3(CO)CCC3)nccc2c1. The number of nitrogens with one attached hydrogen (secondary N) is 1. The third-order valence-corrected chi connectivity index (χ3v) is 3.97. The Balaban J connectivity index is 1.99. The van der Waals surface area contributed by atoms with Crippen LogP contribution in [-0.4, -0.2) is 29.3 Å². The smallest absolute Gasteiger partial charge is 0.134 e. The monoisotopic (exact) mass is 258 g/mol. The van der Waals surface area contributed by atoms with Crippen molar-refractivity contribution in [3.63, 3.8) is 0 Å². The van der Waals surface area contributed by atoms with Gasteiger partial charge in [0.15, 0.2) is 0 Å². The number of aromatic nitrogens is 1. The number of methoxy groups -OCH3 is 1. The van der Waals surface area contributed by atoms with Gasteiger partial charge in [0, 0.05) is 11.6 Å². The Morgan fingerprint density at radius 3 is 2.84 bits per heavy atom. The second-order valence-corrected chi connectivity index (χ2v) is 5.16. The quantitative estimate of drug-likeness (QED) is 0.885. The van der Waals surface area contributed by atoms with E-state index in [1.165, 1.54) is 0 Å². The number of hydrogen-bond donors (Lipinski definition) is 2. The molecule has 2 aromatic rings. The summed E-state index contributed by atoms with van der Waals surface area (Å²) in [5, 5.41) is 15.1. The zero-order chi connectivity index (χ0) is 13.3. The minimum Gasteiger partial charge on any atom is -0.497 e. The van der Waals surface area contributed by atoms with Gasteiger partial charge in [0.2, 0.25) is 0 Å². The highest BCUT2D eigenvalue weighted by Gasteiger charge is 2.36. The summed E-state index contributed by atoms with van der Waals surface area (Å²) in [7, 11) is 1.66. The fourth-order valence-electron chi connectivity index (χ4n) is 2.56. The van der Waals surface area contributed by atoms with Crippen molar-refractivity contribution in [2.45, 2.75) is 24.8 Å². The molecule has 100 valence electrons. The number of pyridine rings is 1. The maximum atomic E-state index is 9.54. The Labute approximate surface area is 112 Å². The molecule has 0 radical (unpaired) electrons. The van der Waals surface area contributed by atoms with Crippen molar-refractivity contribution in [1.29, 1.82) is 0 Å². The zero-order valence-corrected chi connectivity index (χ0v) is 11.0. The highest BCUT2D eigenvalue weighted by Crippen LogP contribution is 2.36. The van der Waals surface area contributed by atoms with Crippen LogP contribution in [0.4, 0.5) is 5.82 Å². The molecule has 1 aromatic carbocycles. The van der Waals surface area contributed by atoms with Gasteiger partial charge in [0.25, 0.3) is 0 Å². The standard InChI is InChI=1S/C15H18N2O2/c1-19-12-3-4-13-11(9-12)5-8-16-14(13)17-15(10-18)6-2-7-15/h3-5,8-9,18H,2,6-7,10H2,1H3,(H,16,17). The van der Waals surface area contributed by atoms with Gasteiger partial charge < -0.3 is 15.2 Å². The third kappa shape index (κ3) is 2.12. The lowest BCUT2D eigenvalue weighted by Crippen LogP contribution is -2.48. The fourth-order valence-corrected chi connectivity index (χ4v) is 2.56. The topological polar surface area (TPSA) is 54.4 Å². The van der Waals surface area contributed by atoms with E-state index in [1.807, 2.05) is 24.3 Å². The van der Waals surface area contributed by atoms with E-state index in [1.54, 1.807) is 13.3 Å². The number of fused-ring (bicyclic) bond motifs is 1. The summed E-state index contributed by atoms with van der Waals surface area (Å²) in [6, 6.07) is 7.90. The van der Waals surface area contributed by atoms with E-state index in [0.717, 1.165) is 41.6 Å². The van der Waals surface area contributed by atoms with E-state index in [4.69, 9.17) is 4.74 Å². The second kappa shape index (κ2) is 4.70. The Hall–Kier alpha value is -1.81. The van der Waals surface area contributed by atoms with Crippen LogP contribution >= 0.6 is 0 Å². The van der Waals surface area contributed by atoms with Crippen molar-refractivity contribution >= 4 is 16.6 Å². The van der Waals surface area contributed by atoms with Gasteiger partial charge in [-0.2, -0.15) is 0 Å². The van der Waals surface area contributed by atoms with Gasteiger partial charge in [-0.25, -0.2) is 4.98 Å². The molecular weight excluding hydrogens is 240 g/mol. The highest BCUT2D eigenvalue weighted by atomic mass is 16.5. The summed E-state index contributed by atoms with van der Waals surface area (Å²) >= 11 is 0. The predicted octanol–water partition coefficient (Wildman–Crippen LogP) is 2.57. The van der Waals surface area contributed by atoms with E-state index in [-0.39, 0.29) is 12.1 Å². The Morgan fingerprint density at radius 1 is 1.37 bits per heavy atom. The molecule has 0 saturated heterocycles. The number of rotatable bonds is 4. The minimum absolute atomic E-state index is 0.154. The molecule has 1 fully saturated rings. The average molecular weight is 258 g/mol. The molecule has 0 amide bonds. The first-order chi connectivity index (χ1) is 9.26. The molecule has 1 aliphatic carbocycles. The zero-order valence-electron chi connectivity index (χ0n) is 11.0. The summed E-state index contributed by atoms with van der Waals surface area (Å²) in [4.78, 5) is 4.41. The number of nitrogens with zero attached hydrogens (tertiary/aromatic N) is 1. The molecule has 4 heteroatoms. The Bertz CT molecular complexity index is 588. The van der Waals surface area contributed by atoms with Crippen LogP contribution in [-0.2, 0) is 0 Å². The van der Waals surface area contributed by atoms with E-state index < -0.39 is 0 Å². The maximum absolute atomic E-state index is 9.54. The van der Waals surface area contributed by atoms with Crippen LogP contribution in [0, 0.1) is 0 Å². The fraction of sp³-hybridized carbons (Fsp3) is 0.400. The van der Waals surface area contributed by atoms with E-state index in [0.29, 0.717) is 0 Å². The van der Waals surface area contributed by atoms with E-state index >= 15 is 0 Å². The first-order valence-electron chi connectivity index (χ1n) is 6.58. The molecule has 1 saturated carbocycles. The summed E-state index contributed by atoms with van der Waals surface area (Å²) in [5.41, 5.74) is -0.179. The summed E-state index contributed by atoms with van der Waals surface area (Å²) < 4.78 is 5.24. The molecule has 4 nitrogen and oxygen atoms in total. The molecule has 1 heterocycles. The average Bonchev–Trinajstić information content (AvgIpc) is 2.42. The minimum atomic E-state index is -0.179. The van der Waals surface area contributed by atoms with Gasteiger partial charge in [0.1, 0.15) is 11.6 Å². The Morgan fingerprint density at radius 2 is 2.21 bits per heavy atom. The van der Waals surface area contributed by atoms with Crippen LogP contribution in [0.15, 0.2) is 30.5 Å². The van der Waals surface area contributed by atoms with Gasteiger partial charge >= 0.3 is 0 Å². The van der Waals surface area contributed by atoms with Gasteiger partial charge in [-0.15, -0.1) is 0 Å². The van der Waals surface area contributed by atoms with Crippen LogP contribution in [0.2, 0.25) is 0 Å². The molecule has 0 atom stereocenters. The first kappa shape index (κ1) is 12.2. The van der Waals surface area contributed by atoms with Crippen LogP contribution < -0.4 is 10.1 Å². The number of aliphatic hydroxyl groups excluding tert-OH is 1. The van der Waals surface area contributed by atoms with Crippen LogP contribution in [0.5, 0.6) is 5.75 Å². The van der Waals surface area contributed by atoms with Crippen LogP contribution in [0.3, 0.4) is 0 Å². The number of benzene rings is 1. The number of hydrogen-bond acceptors (Lipinski definition) is 4.